The van der Waals surface area contributed by atoms with E-state index in [0.29, 0.717) is 5.52 Å². The van der Waals surface area contributed by atoms with E-state index in [2.05, 4.69) is 4.98 Å². The number of nitrogens with zero attached hydrogens (tertiary/aromatic N) is 3. The molecule has 0 aliphatic heterocycles. The molecule has 1 heterocycles. The number of aliphatic hydroxyl groups excluding tert-OH is 1. The van der Waals surface area contributed by atoms with E-state index in [1.54, 1.807) is 35.9 Å². The van der Waals surface area contributed by atoms with Crippen molar-refractivity contribution in [1.29, 1.82) is 5.26 Å². The predicted molar refractivity (Wildman–Crippen MR) is 87.2 cm³/mol. The maximum absolute atomic E-state index is 12.9. The Balaban J connectivity index is 2.19. The molecule has 0 aliphatic rings. The maximum Gasteiger partial charge on any atom is 0.416 e. The van der Waals surface area contributed by atoms with Crippen molar-refractivity contribution in [3.8, 4) is 6.07 Å². The number of imidazole rings is 1. The normalized spacial score (nSPS) is 12.8. The molecule has 25 heavy (non-hydrogen) atoms. The highest BCUT2D eigenvalue weighted by Crippen LogP contribution is 2.32. The van der Waals surface area contributed by atoms with E-state index < -0.39 is 17.5 Å². The summed E-state index contributed by atoms with van der Waals surface area (Å²) in [5.74, 6) is -0.370. The zero-order chi connectivity index (χ0) is 18.2. The summed E-state index contributed by atoms with van der Waals surface area (Å²) in [6.07, 6.45) is -4.54. The van der Waals surface area contributed by atoms with Crippen molar-refractivity contribution in [2.24, 2.45) is 7.05 Å². The Bertz CT molecular complexity index is 1030. The van der Waals surface area contributed by atoms with Gasteiger partial charge in [0.15, 0.2) is 5.82 Å². The van der Waals surface area contributed by atoms with Crippen LogP contribution in [-0.2, 0) is 13.2 Å². The second-order valence-corrected chi connectivity index (χ2v) is 5.40. The molecule has 0 saturated heterocycles. The lowest BCUT2D eigenvalue weighted by Crippen LogP contribution is -2.05. The zero-order valence-electron chi connectivity index (χ0n) is 13.0. The van der Waals surface area contributed by atoms with Crippen molar-refractivity contribution in [1.82, 2.24) is 9.55 Å². The van der Waals surface area contributed by atoms with E-state index in [0.717, 1.165) is 17.6 Å². The van der Waals surface area contributed by atoms with Crippen LogP contribution in [0.15, 0.2) is 48.5 Å². The number of aliphatic hydroxyl groups is 1. The standard InChI is InChI=1S/C18H12F3N3O/c1-24-15-8-3-2-7-14(15)23-17(24)13(10-22)16(25)11-5-4-6-12(9-11)18(19,20)21/h2-9,25H,1H3/b16-13-. The van der Waals surface area contributed by atoms with E-state index in [9.17, 15) is 23.5 Å². The van der Waals surface area contributed by atoms with E-state index in [-0.39, 0.29) is 17.0 Å². The summed E-state index contributed by atoms with van der Waals surface area (Å²) in [7, 11) is 1.67. The molecule has 1 aromatic heterocycles. The first kappa shape index (κ1) is 16.6. The topological polar surface area (TPSA) is 61.8 Å². The minimum absolute atomic E-state index is 0.0987. The monoisotopic (exact) mass is 343 g/mol. The summed E-state index contributed by atoms with van der Waals surface area (Å²) in [6, 6.07) is 13.2. The average molecular weight is 343 g/mol. The molecule has 0 spiro atoms. The van der Waals surface area contributed by atoms with E-state index in [1.165, 1.54) is 12.1 Å². The SMILES string of the molecule is Cn1c(/C(C#N)=C(\O)c2cccc(C(F)(F)F)c2)nc2ccccc21. The second-order valence-electron chi connectivity index (χ2n) is 5.40. The zero-order valence-corrected chi connectivity index (χ0v) is 13.0. The molecule has 4 nitrogen and oxygen atoms in total. The molecular weight excluding hydrogens is 331 g/mol. The van der Waals surface area contributed by atoms with Crippen LogP contribution in [0, 0.1) is 11.3 Å². The highest BCUT2D eigenvalue weighted by molar-refractivity contribution is 5.94. The minimum atomic E-state index is -4.54. The number of halogens is 3. The number of aryl methyl sites for hydroxylation is 1. The molecule has 0 atom stereocenters. The molecule has 1 N–H and O–H groups in total. The van der Waals surface area contributed by atoms with Crippen LogP contribution in [0.25, 0.3) is 22.4 Å². The number of aromatic nitrogens is 2. The van der Waals surface area contributed by atoms with Gasteiger partial charge in [-0.1, -0.05) is 24.3 Å². The predicted octanol–water partition coefficient (Wildman–Crippen LogP) is 4.54. The van der Waals surface area contributed by atoms with Gasteiger partial charge in [0.25, 0.3) is 0 Å². The number of benzene rings is 2. The Morgan fingerprint density at radius 1 is 1.16 bits per heavy atom. The average Bonchev–Trinajstić information content (AvgIpc) is 2.92. The number of para-hydroxylation sites is 2. The molecular formula is C18H12F3N3O. The van der Waals surface area contributed by atoms with Crippen molar-refractivity contribution >= 4 is 22.4 Å². The first-order chi connectivity index (χ1) is 11.8. The first-order valence-electron chi connectivity index (χ1n) is 7.25. The van der Waals surface area contributed by atoms with Gasteiger partial charge in [-0.05, 0) is 24.3 Å². The number of fused-ring (bicyclic) bond motifs is 1. The number of hydrogen-bond donors (Lipinski definition) is 1. The smallest absolute Gasteiger partial charge is 0.416 e. The van der Waals surface area contributed by atoms with Crippen LogP contribution in [-0.4, -0.2) is 14.7 Å². The molecule has 0 saturated carbocycles. The van der Waals surface area contributed by atoms with Crippen molar-refractivity contribution in [2.75, 3.05) is 0 Å². The molecule has 0 fully saturated rings. The third kappa shape index (κ3) is 2.94. The summed E-state index contributed by atoms with van der Waals surface area (Å²) in [6.45, 7) is 0. The fraction of sp³-hybridized carbons (Fsp3) is 0.111. The lowest BCUT2D eigenvalue weighted by Gasteiger charge is -2.09. The fourth-order valence-electron chi connectivity index (χ4n) is 2.57. The maximum atomic E-state index is 12.9. The molecule has 126 valence electrons. The Labute approximate surface area is 141 Å². The number of rotatable bonds is 2. The number of alkyl halides is 3. The number of hydrogen-bond acceptors (Lipinski definition) is 3. The Morgan fingerprint density at radius 2 is 1.88 bits per heavy atom. The van der Waals surface area contributed by atoms with E-state index in [4.69, 9.17) is 0 Å². The van der Waals surface area contributed by atoms with Gasteiger partial charge in [-0.15, -0.1) is 0 Å². The third-order valence-corrected chi connectivity index (χ3v) is 3.82. The summed E-state index contributed by atoms with van der Waals surface area (Å²) >= 11 is 0. The summed E-state index contributed by atoms with van der Waals surface area (Å²) in [4.78, 5) is 4.30. The lowest BCUT2D eigenvalue weighted by molar-refractivity contribution is -0.137. The molecule has 0 aliphatic carbocycles. The van der Waals surface area contributed by atoms with Gasteiger partial charge in [-0.25, -0.2) is 4.98 Å². The molecule has 7 heteroatoms. The Morgan fingerprint density at radius 3 is 2.52 bits per heavy atom. The van der Waals surface area contributed by atoms with Crippen LogP contribution < -0.4 is 0 Å². The summed E-state index contributed by atoms with van der Waals surface area (Å²) in [5, 5.41) is 19.9. The summed E-state index contributed by atoms with van der Waals surface area (Å²) < 4.78 is 40.2. The first-order valence-corrected chi connectivity index (χ1v) is 7.25. The van der Waals surface area contributed by atoms with Gasteiger partial charge in [-0.3, -0.25) is 0 Å². The van der Waals surface area contributed by atoms with Crippen LogP contribution in [0.2, 0.25) is 0 Å². The van der Waals surface area contributed by atoms with Crippen LogP contribution in [0.5, 0.6) is 0 Å². The van der Waals surface area contributed by atoms with Gasteiger partial charge in [0.1, 0.15) is 17.4 Å². The lowest BCUT2D eigenvalue weighted by atomic mass is 10.1. The van der Waals surface area contributed by atoms with E-state index in [1.807, 2.05) is 6.07 Å². The molecule has 0 radical (unpaired) electrons. The van der Waals surface area contributed by atoms with Gasteiger partial charge < -0.3 is 9.67 Å². The second kappa shape index (κ2) is 5.98. The highest BCUT2D eigenvalue weighted by atomic mass is 19.4. The van der Waals surface area contributed by atoms with Crippen molar-refractivity contribution in [3.05, 3.63) is 65.5 Å². The molecule has 3 rings (SSSR count). The fourth-order valence-corrected chi connectivity index (χ4v) is 2.57. The third-order valence-electron chi connectivity index (χ3n) is 3.82. The number of allylic oxidation sites excluding steroid dienone is 1. The van der Waals surface area contributed by atoms with Crippen LogP contribution in [0.4, 0.5) is 13.2 Å². The van der Waals surface area contributed by atoms with Crippen LogP contribution in [0.1, 0.15) is 17.0 Å². The van der Waals surface area contributed by atoms with Crippen molar-refractivity contribution in [3.63, 3.8) is 0 Å². The molecule has 3 aromatic rings. The van der Waals surface area contributed by atoms with E-state index >= 15 is 0 Å². The van der Waals surface area contributed by atoms with Gasteiger partial charge in [-0.2, -0.15) is 18.4 Å². The highest BCUT2D eigenvalue weighted by Gasteiger charge is 2.31. The molecule has 0 amide bonds. The van der Waals surface area contributed by atoms with Gasteiger partial charge in [0, 0.05) is 12.6 Å². The van der Waals surface area contributed by atoms with Gasteiger partial charge >= 0.3 is 6.18 Å². The van der Waals surface area contributed by atoms with Gasteiger partial charge in [0.2, 0.25) is 0 Å². The molecule has 0 bridgehead atoms. The minimum Gasteiger partial charge on any atom is -0.506 e. The van der Waals surface area contributed by atoms with Crippen LogP contribution >= 0.6 is 0 Å². The van der Waals surface area contributed by atoms with Crippen molar-refractivity contribution < 1.29 is 18.3 Å². The Kier molecular flexibility index (Phi) is 3.97. The molecule has 0 unspecified atom stereocenters. The quantitative estimate of drug-likeness (QED) is 0.549. The molecule has 2 aromatic carbocycles. The Hall–Kier alpha value is -3.27. The van der Waals surface area contributed by atoms with Gasteiger partial charge in [0.05, 0.1) is 16.6 Å². The van der Waals surface area contributed by atoms with Crippen molar-refractivity contribution in [2.45, 2.75) is 6.18 Å². The largest absolute Gasteiger partial charge is 0.506 e. The summed E-state index contributed by atoms with van der Waals surface area (Å²) in [5.41, 5.74) is 0.155. The van der Waals surface area contributed by atoms with Crippen LogP contribution in [0.3, 0.4) is 0 Å². The number of nitriles is 1.